The highest BCUT2D eigenvalue weighted by molar-refractivity contribution is 4.54. The van der Waals surface area contributed by atoms with Gasteiger partial charge < -0.3 is 0 Å². The van der Waals surface area contributed by atoms with E-state index >= 15 is 0 Å². The molecule has 27 heavy (non-hydrogen) atoms. The molecule has 1 atom stereocenters. The van der Waals surface area contributed by atoms with E-state index in [2.05, 4.69) is 69.2 Å². The van der Waals surface area contributed by atoms with Crippen LogP contribution in [0, 0.1) is 11.8 Å². The van der Waals surface area contributed by atoms with Gasteiger partial charge in [-0.1, -0.05) is 168 Å². The fourth-order valence-electron chi connectivity index (χ4n) is 1.75. The smallest absolute Gasteiger partial charge is 0.0443 e. The van der Waals surface area contributed by atoms with Crippen molar-refractivity contribution in [3.63, 3.8) is 0 Å². The van der Waals surface area contributed by atoms with Gasteiger partial charge in [0.25, 0.3) is 0 Å². The van der Waals surface area contributed by atoms with Gasteiger partial charge in [0.1, 0.15) is 0 Å². The minimum absolute atomic E-state index is 0.888. The molecule has 0 aliphatic carbocycles. The molecule has 0 radical (unpaired) electrons. The Hall–Kier alpha value is 0. The summed E-state index contributed by atoms with van der Waals surface area (Å²) in [4.78, 5) is 0. The van der Waals surface area contributed by atoms with Crippen molar-refractivity contribution < 1.29 is 0 Å². The van der Waals surface area contributed by atoms with Crippen LogP contribution in [-0.2, 0) is 0 Å². The molecular weight excluding hydrogens is 324 g/mol. The Labute approximate surface area is 179 Å². The quantitative estimate of drug-likeness (QED) is 0.343. The van der Waals surface area contributed by atoms with E-state index in [4.69, 9.17) is 0 Å². The van der Waals surface area contributed by atoms with Crippen molar-refractivity contribution in [1.29, 1.82) is 0 Å². The molecule has 0 heteroatoms. The average molecular weight is 391 g/mol. The molecule has 0 saturated carbocycles. The van der Waals surface area contributed by atoms with Gasteiger partial charge in [0.2, 0.25) is 0 Å². The molecule has 0 aliphatic rings. The van der Waals surface area contributed by atoms with Gasteiger partial charge in [0, 0.05) is 0 Å². The largest absolute Gasteiger partial charge is 0.0683 e. The summed E-state index contributed by atoms with van der Waals surface area (Å²) in [5.74, 6) is 1.84. The fourth-order valence-corrected chi connectivity index (χ4v) is 1.75. The van der Waals surface area contributed by atoms with Gasteiger partial charge in [0.05, 0.1) is 0 Å². The van der Waals surface area contributed by atoms with Crippen molar-refractivity contribution in [2.24, 2.45) is 11.8 Å². The van der Waals surface area contributed by atoms with Crippen LogP contribution in [-0.4, -0.2) is 0 Å². The van der Waals surface area contributed by atoms with E-state index in [9.17, 15) is 0 Å². The van der Waals surface area contributed by atoms with E-state index in [1.165, 1.54) is 70.6 Å². The van der Waals surface area contributed by atoms with Crippen molar-refractivity contribution in [3.05, 3.63) is 0 Å². The van der Waals surface area contributed by atoms with Gasteiger partial charge >= 0.3 is 0 Å². The molecule has 0 aromatic carbocycles. The second kappa shape index (κ2) is 56.2. The van der Waals surface area contributed by atoms with Gasteiger partial charge in [-0.05, 0) is 11.8 Å². The molecule has 0 rings (SSSR count). The third kappa shape index (κ3) is 104. The molecule has 0 amide bonds. The van der Waals surface area contributed by atoms with Crippen LogP contribution in [0.25, 0.3) is 0 Å². The Kier molecular flexibility index (Phi) is 86.2. The summed E-state index contributed by atoms with van der Waals surface area (Å²) >= 11 is 0. The summed E-state index contributed by atoms with van der Waals surface area (Å²) in [6.07, 6.45) is 15.0. The highest BCUT2D eigenvalue weighted by Crippen LogP contribution is 2.15. The number of unbranched alkanes of at least 4 members (excludes halogenated alkanes) is 4. The van der Waals surface area contributed by atoms with Crippen LogP contribution >= 0.6 is 0 Å². The molecule has 0 aromatic heterocycles. The van der Waals surface area contributed by atoms with Crippen molar-refractivity contribution in [2.45, 2.75) is 168 Å². The Morgan fingerprint density at radius 3 is 0.963 bits per heavy atom. The van der Waals surface area contributed by atoms with E-state index in [1.807, 2.05) is 27.7 Å². The standard InChI is InChI=1S/C10H22.C6H14.C4H10.C3H8.2C2H6/c1-5-6-10(4)8-7-9(2)3;1-3-5-6-4-2;1-3-4-2;1-3-2;2*1-2/h9-10H,5-8H2,1-4H3;3-6H2,1-2H3;3-4H2,1-2H3;3H2,1-2H3;2*1-2H3. The Morgan fingerprint density at radius 1 is 0.444 bits per heavy atom. The number of hydrogen-bond acceptors (Lipinski definition) is 0. The minimum Gasteiger partial charge on any atom is -0.0683 e. The summed E-state index contributed by atoms with van der Waals surface area (Å²) in [7, 11) is 0. The molecule has 0 nitrogen and oxygen atoms in total. The van der Waals surface area contributed by atoms with Crippen molar-refractivity contribution in [3.8, 4) is 0 Å². The first-order valence-corrected chi connectivity index (χ1v) is 12.9. The van der Waals surface area contributed by atoms with Crippen LogP contribution in [0.2, 0.25) is 0 Å². The summed E-state index contributed by atoms with van der Waals surface area (Å²) in [5.41, 5.74) is 0. The van der Waals surface area contributed by atoms with Gasteiger partial charge in [-0.25, -0.2) is 0 Å². The lowest BCUT2D eigenvalue weighted by atomic mass is 9.96. The fraction of sp³-hybridized carbons (Fsp3) is 1.00. The van der Waals surface area contributed by atoms with E-state index in [-0.39, 0.29) is 0 Å². The molecule has 174 valence electrons. The Morgan fingerprint density at radius 2 is 0.778 bits per heavy atom. The molecule has 0 aliphatic heterocycles. The van der Waals surface area contributed by atoms with Crippen molar-refractivity contribution >= 4 is 0 Å². The van der Waals surface area contributed by atoms with Gasteiger partial charge in [0.15, 0.2) is 0 Å². The minimum atomic E-state index is 0.888. The van der Waals surface area contributed by atoms with Crippen molar-refractivity contribution in [1.82, 2.24) is 0 Å². The van der Waals surface area contributed by atoms with Crippen molar-refractivity contribution in [2.75, 3.05) is 0 Å². The molecule has 0 bridgehead atoms. The lowest BCUT2D eigenvalue weighted by Crippen LogP contribution is -1.96. The lowest BCUT2D eigenvalue weighted by Gasteiger charge is -2.10. The molecule has 1 unspecified atom stereocenters. The molecule has 0 saturated heterocycles. The van der Waals surface area contributed by atoms with Gasteiger partial charge in [-0.3, -0.25) is 0 Å². The maximum absolute atomic E-state index is 2.37. The Balaban J connectivity index is -0.0000000557. The first-order valence-electron chi connectivity index (χ1n) is 12.9. The van der Waals surface area contributed by atoms with E-state index in [1.54, 1.807) is 0 Å². The second-order valence-corrected chi connectivity index (χ2v) is 7.28. The highest BCUT2D eigenvalue weighted by Gasteiger charge is 2.01. The molecule has 0 heterocycles. The number of rotatable bonds is 9. The zero-order chi connectivity index (χ0) is 22.9. The average Bonchev–Trinajstić information content (AvgIpc) is 2.69. The van der Waals surface area contributed by atoms with Crippen LogP contribution in [0.15, 0.2) is 0 Å². The first kappa shape index (κ1) is 41.4. The summed E-state index contributed by atoms with van der Waals surface area (Å²) in [6, 6.07) is 0. The number of hydrogen-bond donors (Lipinski definition) is 0. The predicted molar refractivity (Wildman–Crippen MR) is 137 cm³/mol. The van der Waals surface area contributed by atoms with Crippen LogP contribution in [0.5, 0.6) is 0 Å². The SMILES string of the molecule is CC.CC.CCC.CCCC.CCCC(C)CCC(C)C.CCCCCC. The third-order valence-corrected chi connectivity index (χ3v) is 3.48. The third-order valence-electron chi connectivity index (χ3n) is 3.48. The van der Waals surface area contributed by atoms with Crippen LogP contribution < -0.4 is 0 Å². The lowest BCUT2D eigenvalue weighted by molar-refractivity contribution is 0.425. The summed E-state index contributed by atoms with van der Waals surface area (Å²) in [5, 5.41) is 0. The van der Waals surface area contributed by atoms with Gasteiger partial charge in [-0.15, -0.1) is 0 Å². The van der Waals surface area contributed by atoms with Crippen LogP contribution in [0.4, 0.5) is 0 Å². The normalized spacial score (nSPS) is 9.44. The maximum atomic E-state index is 2.37. The van der Waals surface area contributed by atoms with E-state index in [0.29, 0.717) is 0 Å². The van der Waals surface area contributed by atoms with Crippen LogP contribution in [0.3, 0.4) is 0 Å². The maximum Gasteiger partial charge on any atom is -0.0443 e. The molecule has 0 N–H and O–H groups in total. The topological polar surface area (TPSA) is 0 Å². The zero-order valence-corrected chi connectivity index (χ0v) is 22.9. The highest BCUT2D eigenvalue weighted by atomic mass is 14.1. The van der Waals surface area contributed by atoms with Crippen LogP contribution in [0.1, 0.15) is 168 Å². The first-order chi connectivity index (χ1) is 12.9. The monoisotopic (exact) mass is 391 g/mol. The zero-order valence-electron chi connectivity index (χ0n) is 22.9. The van der Waals surface area contributed by atoms with E-state index in [0.717, 1.165) is 11.8 Å². The second-order valence-electron chi connectivity index (χ2n) is 7.28. The van der Waals surface area contributed by atoms with Gasteiger partial charge in [-0.2, -0.15) is 0 Å². The molecule has 0 spiro atoms. The van der Waals surface area contributed by atoms with E-state index < -0.39 is 0 Å². The summed E-state index contributed by atoms with van der Waals surface area (Å²) < 4.78 is 0. The molecule has 0 aromatic rings. The molecular formula is C27H66. The predicted octanol–water partition coefficient (Wildman–Crippen LogP) is 11.7. The Bertz CT molecular complexity index is 131. The molecule has 0 fully saturated rings. The summed E-state index contributed by atoms with van der Waals surface area (Å²) in [6.45, 7) is 30.3.